The number of benzene rings is 1. The van der Waals surface area contributed by atoms with Gasteiger partial charge in [0.1, 0.15) is 13.1 Å². The molecule has 0 saturated carbocycles. The molecular formula is C19H34BrNO. The fourth-order valence-electron chi connectivity index (χ4n) is 2.99. The zero-order valence-electron chi connectivity index (χ0n) is 14.4. The first kappa shape index (κ1) is 21.6. The highest BCUT2D eigenvalue weighted by Crippen LogP contribution is 2.15. The molecule has 0 radical (unpaired) electrons. The van der Waals surface area contributed by atoms with E-state index in [1.54, 1.807) is 0 Å². The second-order valence-corrected chi connectivity index (χ2v) is 6.56. The number of unbranched alkanes of at least 4 members (excludes halogenated alkanes) is 6. The molecule has 1 aromatic rings. The molecule has 0 aromatic heterocycles. The van der Waals surface area contributed by atoms with E-state index < -0.39 is 0 Å². The number of hydrogen-bond acceptors (Lipinski definition) is 1. The summed E-state index contributed by atoms with van der Waals surface area (Å²) in [6.45, 7) is 5.59. The number of halogens is 1. The van der Waals surface area contributed by atoms with Gasteiger partial charge in [0.05, 0.1) is 20.2 Å². The summed E-state index contributed by atoms with van der Waals surface area (Å²) in [6, 6.07) is 10.7. The van der Waals surface area contributed by atoms with Crippen LogP contribution in [0.2, 0.25) is 0 Å². The number of hydrogen-bond donors (Lipinski definition) is 1. The van der Waals surface area contributed by atoms with Gasteiger partial charge in [-0.2, -0.15) is 0 Å². The van der Waals surface area contributed by atoms with Crippen molar-refractivity contribution in [2.45, 2.75) is 58.4 Å². The molecule has 22 heavy (non-hydrogen) atoms. The first-order chi connectivity index (χ1) is 10.2. The monoisotopic (exact) mass is 371 g/mol. The molecule has 0 spiro atoms. The minimum Gasteiger partial charge on any atom is -1.00 e. The van der Waals surface area contributed by atoms with Crippen molar-refractivity contribution < 1.29 is 26.6 Å². The lowest BCUT2D eigenvalue weighted by Crippen LogP contribution is -3.00. The second-order valence-electron chi connectivity index (χ2n) is 6.56. The Morgan fingerprint density at radius 1 is 0.864 bits per heavy atom. The van der Waals surface area contributed by atoms with E-state index in [4.69, 9.17) is 0 Å². The second kappa shape index (κ2) is 13.1. The van der Waals surface area contributed by atoms with Crippen LogP contribution < -0.4 is 17.0 Å². The Labute approximate surface area is 147 Å². The molecule has 1 rings (SSSR count). The molecule has 1 unspecified atom stereocenters. The summed E-state index contributed by atoms with van der Waals surface area (Å²) >= 11 is 0. The van der Waals surface area contributed by atoms with Crippen LogP contribution in [-0.2, 0) is 6.54 Å². The number of aliphatic hydroxyl groups is 1. The van der Waals surface area contributed by atoms with Crippen molar-refractivity contribution in [3.63, 3.8) is 0 Å². The maximum atomic E-state index is 9.36. The largest absolute Gasteiger partial charge is 1.00 e. The first-order valence-corrected chi connectivity index (χ1v) is 8.68. The average molecular weight is 372 g/mol. The van der Waals surface area contributed by atoms with Crippen LogP contribution in [-0.4, -0.2) is 36.3 Å². The number of rotatable bonds is 12. The average Bonchev–Trinajstić information content (AvgIpc) is 2.47. The molecular weight excluding hydrogens is 338 g/mol. The van der Waals surface area contributed by atoms with Crippen LogP contribution in [0.5, 0.6) is 0 Å². The standard InChI is InChI=1S/C19H34NO.BrH/c1-3-4-5-6-7-8-12-15-20(2,16-17-21)18-19-13-10-9-11-14-19;/h9-11,13-14,21H,3-8,12,15-18H2,1-2H3;1H/q+1;/p-1. The van der Waals surface area contributed by atoms with E-state index in [-0.39, 0.29) is 23.6 Å². The fraction of sp³-hybridized carbons (Fsp3) is 0.684. The molecule has 0 saturated heterocycles. The van der Waals surface area contributed by atoms with Crippen LogP contribution in [0, 0.1) is 0 Å². The zero-order valence-corrected chi connectivity index (χ0v) is 16.0. The van der Waals surface area contributed by atoms with E-state index in [1.807, 2.05) is 0 Å². The van der Waals surface area contributed by atoms with Crippen molar-refractivity contribution in [3.05, 3.63) is 35.9 Å². The molecule has 0 aliphatic rings. The van der Waals surface area contributed by atoms with Gasteiger partial charge in [0.2, 0.25) is 0 Å². The molecule has 1 aromatic carbocycles. The molecule has 128 valence electrons. The third kappa shape index (κ3) is 9.60. The predicted molar refractivity (Wildman–Crippen MR) is 91.1 cm³/mol. The lowest BCUT2D eigenvalue weighted by Gasteiger charge is -2.34. The number of quaternary nitrogens is 1. The van der Waals surface area contributed by atoms with Crippen LogP contribution in [0.1, 0.15) is 57.4 Å². The molecule has 0 aliphatic carbocycles. The topological polar surface area (TPSA) is 20.2 Å². The van der Waals surface area contributed by atoms with Crippen molar-refractivity contribution >= 4 is 0 Å². The van der Waals surface area contributed by atoms with E-state index in [2.05, 4.69) is 44.3 Å². The van der Waals surface area contributed by atoms with Crippen LogP contribution in [0.3, 0.4) is 0 Å². The van der Waals surface area contributed by atoms with E-state index in [9.17, 15) is 5.11 Å². The Morgan fingerprint density at radius 3 is 2.05 bits per heavy atom. The summed E-state index contributed by atoms with van der Waals surface area (Å²) in [5, 5.41) is 9.36. The molecule has 0 aliphatic heterocycles. The van der Waals surface area contributed by atoms with E-state index in [0.717, 1.165) is 17.6 Å². The minimum absolute atomic E-state index is 0. The Balaban J connectivity index is 0.00000441. The lowest BCUT2D eigenvalue weighted by atomic mass is 10.1. The SMILES string of the molecule is CCCCCCCCC[N+](C)(CCO)Cc1ccccc1.[Br-]. The number of nitrogens with zero attached hydrogens (tertiary/aromatic N) is 1. The van der Waals surface area contributed by atoms with E-state index in [1.165, 1.54) is 57.1 Å². The summed E-state index contributed by atoms with van der Waals surface area (Å²) in [5.41, 5.74) is 1.37. The van der Waals surface area contributed by atoms with E-state index >= 15 is 0 Å². The highest BCUT2D eigenvalue weighted by Gasteiger charge is 2.20. The zero-order chi connectivity index (χ0) is 15.4. The van der Waals surface area contributed by atoms with Gasteiger partial charge >= 0.3 is 0 Å². The number of likely N-dealkylation sites (N-methyl/N-ethyl adjacent to an activating group) is 1. The Kier molecular flexibility index (Phi) is 12.9. The third-order valence-corrected chi connectivity index (χ3v) is 4.35. The fourth-order valence-corrected chi connectivity index (χ4v) is 2.99. The van der Waals surface area contributed by atoms with Gasteiger partial charge in [0, 0.05) is 5.56 Å². The van der Waals surface area contributed by atoms with Crippen LogP contribution in [0.15, 0.2) is 30.3 Å². The highest BCUT2D eigenvalue weighted by molar-refractivity contribution is 5.13. The van der Waals surface area contributed by atoms with Crippen molar-refractivity contribution in [1.82, 2.24) is 0 Å². The molecule has 0 amide bonds. The molecule has 0 bridgehead atoms. The third-order valence-electron chi connectivity index (χ3n) is 4.35. The van der Waals surface area contributed by atoms with Crippen molar-refractivity contribution in [2.75, 3.05) is 26.7 Å². The van der Waals surface area contributed by atoms with E-state index in [0.29, 0.717) is 0 Å². The molecule has 2 nitrogen and oxygen atoms in total. The van der Waals surface area contributed by atoms with Gasteiger partial charge in [-0.1, -0.05) is 69.4 Å². The normalized spacial score (nSPS) is 13.4. The van der Waals surface area contributed by atoms with Crippen molar-refractivity contribution in [3.8, 4) is 0 Å². The Bertz CT molecular complexity index is 358. The van der Waals surface area contributed by atoms with Gasteiger partial charge in [-0.15, -0.1) is 0 Å². The van der Waals surface area contributed by atoms with Crippen molar-refractivity contribution in [2.24, 2.45) is 0 Å². The Morgan fingerprint density at radius 2 is 1.45 bits per heavy atom. The van der Waals surface area contributed by atoms with Gasteiger partial charge in [-0.3, -0.25) is 0 Å². The molecule has 0 heterocycles. The van der Waals surface area contributed by atoms with Gasteiger partial charge in [-0.05, 0) is 12.8 Å². The van der Waals surface area contributed by atoms with Crippen molar-refractivity contribution in [1.29, 1.82) is 0 Å². The lowest BCUT2D eigenvalue weighted by molar-refractivity contribution is -0.923. The molecule has 1 atom stereocenters. The van der Waals surface area contributed by atoms with Crippen LogP contribution in [0.4, 0.5) is 0 Å². The maximum absolute atomic E-state index is 9.36. The molecule has 3 heteroatoms. The summed E-state index contributed by atoms with van der Waals surface area (Å²) in [6.07, 6.45) is 9.45. The quantitative estimate of drug-likeness (QED) is 0.434. The summed E-state index contributed by atoms with van der Waals surface area (Å²) in [5.74, 6) is 0. The number of aliphatic hydroxyl groups excluding tert-OH is 1. The minimum atomic E-state index is 0. The first-order valence-electron chi connectivity index (χ1n) is 8.68. The summed E-state index contributed by atoms with van der Waals surface area (Å²) in [7, 11) is 2.28. The molecule has 1 N–H and O–H groups in total. The van der Waals surface area contributed by atoms with Crippen LogP contribution >= 0.6 is 0 Å². The summed E-state index contributed by atoms with van der Waals surface area (Å²) < 4.78 is 0.954. The predicted octanol–water partition coefficient (Wildman–Crippen LogP) is 1.38. The van der Waals surface area contributed by atoms with Gasteiger partial charge in [0.25, 0.3) is 0 Å². The maximum Gasteiger partial charge on any atom is 0.104 e. The van der Waals surface area contributed by atoms with Gasteiger partial charge in [-0.25, -0.2) is 0 Å². The smallest absolute Gasteiger partial charge is 0.104 e. The Hall–Kier alpha value is -0.380. The van der Waals surface area contributed by atoms with Gasteiger partial charge in [0.15, 0.2) is 0 Å². The molecule has 0 fully saturated rings. The summed E-state index contributed by atoms with van der Waals surface area (Å²) in [4.78, 5) is 0. The van der Waals surface area contributed by atoms with Crippen LogP contribution in [0.25, 0.3) is 0 Å². The van der Waals surface area contributed by atoms with Gasteiger partial charge < -0.3 is 26.6 Å². The highest BCUT2D eigenvalue weighted by atomic mass is 79.9.